The van der Waals surface area contributed by atoms with Gasteiger partial charge in [-0.25, -0.2) is 0 Å². The van der Waals surface area contributed by atoms with E-state index in [0.717, 1.165) is 38.6 Å². The van der Waals surface area contributed by atoms with E-state index >= 15 is 0 Å². The number of carbonyl (C=O) groups excluding carboxylic acids is 1. The number of rotatable bonds is 6. The third-order valence-electron chi connectivity index (χ3n) is 4.43. The van der Waals surface area contributed by atoms with Gasteiger partial charge in [0.1, 0.15) is 0 Å². The summed E-state index contributed by atoms with van der Waals surface area (Å²) in [6, 6.07) is 0. The normalized spacial score (nSPS) is 19.0. The van der Waals surface area contributed by atoms with Crippen LogP contribution in [0.25, 0.3) is 0 Å². The van der Waals surface area contributed by atoms with Crippen LogP contribution in [0.15, 0.2) is 0 Å². The van der Waals surface area contributed by atoms with Crippen LogP contribution in [0.4, 0.5) is 0 Å². The molecule has 0 atom stereocenters. The van der Waals surface area contributed by atoms with E-state index in [0.29, 0.717) is 11.8 Å². The minimum atomic E-state index is -0.0218. The molecule has 0 aromatic carbocycles. The molecule has 1 aliphatic carbocycles. The van der Waals surface area contributed by atoms with Gasteiger partial charge in [0, 0.05) is 12.0 Å². The minimum Gasteiger partial charge on any atom is -0.355 e. The summed E-state index contributed by atoms with van der Waals surface area (Å²) in [6.07, 6.45) is 7.97. The molecule has 0 unspecified atom stereocenters. The maximum atomic E-state index is 12.2. The van der Waals surface area contributed by atoms with Crippen molar-refractivity contribution in [2.75, 3.05) is 6.54 Å². The van der Waals surface area contributed by atoms with Crippen LogP contribution in [0, 0.1) is 11.3 Å². The fraction of sp³-hybridized carbons (Fsp3) is 0.929. The standard InChI is InChI=1S/C14H27NO/c1-4-12(5-2)11-15-13(16)14(6-3)9-7-8-10-14/h12H,4-11H2,1-3H3,(H,15,16). The lowest BCUT2D eigenvalue weighted by Gasteiger charge is -2.27. The topological polar surface area (TPSA) is 29.1 Å². The van der Waals surface area contributed by atoms with Crippen molar-refractivity contribution in [2.24, 2.45) is 11.3 Å². The van der Waals surface area contributed by atoms with E-state index < -0.39 is 0 Å². The molecule has 0 heterocycles. The van der Waals surface area contributed by atoms with Crippen molar-refractivity contribution in [2.45, 2.75) is 65.7 Å². The molecule has 1 amide bonds. The van der Waals surface area contributed by atoms with Crippen molar-refractivity contribution in [3.63, 3.8) is 0 Å². The number of hydrogen-bond donors (Lipinski definition) is 1. The van der Waals surface area contributed by atoms with Crippen molar-refractivity contribution in [3.8, 4) is 0 Å². The zero-order valence-electron chi connectivity index (χ0n) is 11.1. The summed E-state index contributed by atoms with van der Waals surface area (Å²) >= 11 is 0. The Balaban J connectivity index is 2.44. The molecule has 1 fully saturated rings. The van der Waals surface area contributed by atoms with Crippen LogP contribution in [-0.2, 0) is 4.79 Å². The Bertz CT molecular complexity index is 215. The molecule has 2 nitrogen and oxygen atoms in total. The lowest BCUT2D eigenvalue weighted by Crippen LogP contribution is -2.40. The maximum absolute atomic E-state index is 12.2. The highest BCUT2D eigenvalue weighted by atomic mass is 16.2. The molecular weight excluding hydrogens is 198 g/mol. The first-order chi connectivity index (χ1) is 7.68. The van der Waals surface area contributed by atoms with Crippen molar-refractivity contribution < 1.29 is 4.79 Å². The lowest BCUT2D eigenvalue weighted by molar-refractivity contribution is -0.131. The second-order valence-electron chi connectivity index (χ2n) is 5.23. The van der Waals surface area contributed by atoms with Crippen LogP contribution in [0.1, 0.15) is 65.7 Å². The second kappa shape index (κ2) is 6.27. The zero-order chi connectivity index (χ0) is 12.0. The van der Waals surface area contributed by atoms with Gasteiger partial charge in [-0.1, -0.05) is 46.5 Å². The van der Waals surface area contributed by atoms with E-state index in [-0.39, 0.29) is 5.41 Å². The van der Waals surface area contributed by atoms with Gasteiger partial charge in [-0.2, -0.15) is 0 Å². The lowest BCUT2D eigenvalue weighted by atomic mass is 9.82. The first-order valence-electron chi connectivity index (χ1n) is 6.96. The average molecular weight is 225 g/mol. The highest BCUT2D eigenvalue weighted by molar-refractivity contribution is 5.82. The van der Waals surface area contributed by atoms with Gasteiger partial charge < -0.3 is 5.32 Å². The van der Waals surface area contributed by atoms with Crippen LogP contribution < -0.4 is 5.32 Å². The van der Waals surface area contributed by atoms with Crippen LogP contribution in [0.5, 0.6) is 0 Å². The summed E-state index contributed by atoms with van der Waals surface area (Å²) in [7, 11) is 0. The molecule has 1 saturated carbocycles. The monoisotopic (exact) mass is 225 g/mol. The van der Waals surface area contributed by atoms with Gasteiger partial charge in [0.25, 0.3) is 0 Å². The van der Waals surface area contributed by atoms with E-state index in [2.05, 4.69) is 26.1 Å². The third-order valence-corrected chi connectivity index (χ3v) is 4.43. The Morgan fingerprint density at radius 2 is 1.75 bits per heavy atom. The molecule has 0 aromatic heterocycles. The zero-order valence-corrected chi connectivity index (χ0v) is 11.1. The quantitative estimate of drug-likeness (QED) is 0.736. The SMILES string of the molecule is CCC(CC)CNC(=O)C1(CC)CCCC1. The molecule has 0 radical (unpaired) electrons. The van der Waals surface area contributed by atoms with Crippen molar-refractivity contribution in [1.82, 2.24) is 5.32 Å². The van der Waals surface area contributed by atoms with Gasteiger partial charge in [-0.05, 0) is 25.2 Å². The van der Waals surface area contributed by atoms with Crippen LogP contribution in [0.2, 0.25) is 0 Å². The van der Waals surface area contributed by atoms with E-state index in [1.165, 1.54) is 12.8 Å². The number of carbonyl (C=O) groups is 1. The summed E-state index contributed by atoms with van der Waals surface area (Å²) in [4.78, 5) is 12.2. The van der Waals surface area contributed by atoms with Crippen molar-refractivity contribution >= 4 is 5.91 Å². The number of amides is 1. The minimum absolute atomic E-state index is 0.0218. The van der Waals surface area contributed by atoms with Crippen LogP contribution in [0.3, 0.4) is 0 Å². The van der Waals surface area contributed by atoms with E-state index in [4.69, 9.17) is 0 Å². The molecule has 0 bridgehead atoms. The summed E-state index contributed by atoms with van der Waals surface area (Å²) < 4.78 is 0. The molecule has 2 heteroatoms. The number of hydrogen-bond acceptors (Lipinski definition) is 1. The largest absolute Gasteiger partial charge is 0.355 e. The van der Waals surface area contributed by atoms with Crippen molar-refractivity contribution in [3.05, 3.63) is 0 Å². The fourth-order valence-corrected chi connectivity index (χ4v) is 2.79. The van der Waals surface area contributed by atoms with E-state index in [1.807, 2.05) is 0 Å². The third kappa shape index (κ3) is 2.99. The first-order valence-corrected chi connectivity index (χ1v) is 6.96. The Morgan fingerprint density at radius 1 is 1.19 bits per heavy atom. The fourth-order valence-electron chi connectivity index (χ4n) is 2.79. The van der Waals surface area contributed by atoms with Gasteiger partial charge in [-0.3, -0.25) is 4.79 Å². The second-order valence-corrected chi connectivity index (χ2v) is 5.23. The average Bonchev–Trinajstić information content (AvgIpc) is 2.80. The Hall–Kier alpha value is -0.530. The van der Waals surface area contributed by atoms with Gasteiger partial charge in [0.15, 0.2) is 0 Å². The van der Waals surface area contributed by atoms with Crippen LogP contribution >= 0.6 is 0 Å². The Kier molecular flexibility index (Phi) is 5.30. The molecule has 0 saturated heterocycles. The van der Waals surface area contributed by atoms with Gasteiger partial charge in [-0.15, -0.1) is 0 Å². The molecule has 94 valence electrons. The highest BCUT2D eigenvalue weighted by Gasteiger charge is 2.39. The molecule has 1 N–H and O–H groups in total. The van der Waals surface area contributed by atoms with E-state index in [9.17, 15) is 4.79 Å². The summed E-state index contributed by atoms with van der Waals surface area (Å²) in [6.45, 7) is 7.42. The highest BCUT2D eigenvalue weighted by Crippen LogP contribution is 2.41. The Morgan fingerprint density at radius 3 is 2.19 bits per heavy atom. The van der Waals surface area contributed by atoms with Gasteiger partial charge >= 0.3 is 0 Å². The predicted molar refractivity (Wildman–Crippen MR) is 68.3 cm³/mol. The molecular formula is C14H27NO. The molecule has 1 rings (SSSR count). The summed E-state index contributed by atoms with van der Waals surface area (Å²) in [5.41, 5.74) is -0.0218. The van der Waals surface area contributed by atoms with E-state index in [1.54, 1.807) is 0 Å². The maximum Gasteiger partial charge on any atom is 0.226 e. The summed E-state index contributed by atoms with van der Waals surface area (Å²) in [5.74, 6) is 0.971. The van der Waals surface area contributed by atoms with Gasteiger partial charge in [0.2, 0.25) is 5.91 Å². The molecule has 0 aliphatic heterocycles. The molecule has 0 spiro atoms. The first kappa shape index (κ1) is 13.5. The molecule has 0 aromatic rings. The Labute approximate surface area is 100 Å². The number of nitrogens with one attached hydrogen (secondary N) is 1. The van der Waals surface area contributed by atoms with Gasteiger partial charge in [0.05, 0.1) is 0 Å². The molecule has 16 heavy (non-hydrogen) atoms. The molecule has 1 aliphatic rings. The predicted octanol–water partition coefficient (Wildman–Crippen LogP) is 3.51. The van der Waals surface area contributed by atoms with Crippen LogP contribution in [-0.4, -0.2) is 12.5 Å². The summed E-state index contributed by atoms with van der Waals surface area (Å²) in [5, 5.41) is 3.18. The van der Waals surface area contributed by atoms with Crippen molar-refractivity contribution in [1.29, 1.82) is 0 Å². The smallest absolute Gasteiger partial charge is 0.226 e.